The highest BCUT2D eigenvalue weighted by molar-refractivity contribution is 5.92. The molecule has 30 heavy (non-hydrogen) atoms. The number of carbonyl (C=O) groups is 3. The van der Waals surface area contributed by atoms with E-state index >= 15 is 0 Å². The van der Waals surface area contributed by atoms with Crippen molar-refractivity contribution in [3.8, 4) is 16.9 Å². The summed E-state index contributed by atoms with van der Waals surface area (Å²) >= 11 is 0. The first-order chi connectivity index (χ1) is 14.4. The van der Waals surface area contributed by atoms with Gasteiger partial charge < -0.3 is 14.8 Å². The van der Waals surface area contributed by atoms with E-state index in [0.717, 1.165) is 36.8 Å². The van der Waals surface area contributed by atoms with Gasteiger partial charge in [-0.25, -0.2) is 4.79 Å². The van der Waals surface area contributed by atoms with Crippen LogP contribution in [-0.2, 0) is 14.3 Å². The lowest BCUT2D eigenvalue weighted by atomic mass is 9.87. The second-order valence-corrected chi connectivity index (χ2v) is 7.80. The van der Waals surface area contributed by atoms with Crippen LogP contribution in [0.25, 0.3) is 11.1 Å². The highest BCUT2D eigenvalue weighted by atomic mass is 16.5. The number of nitrogens with one attached hydrogen (secondary N) is 1. The SMILES string of the molecule is CC(=O)Oc1ccc(-c2ccc(C(=O)OCC(=O)NC3CCC(C)CC3)cc2)cc1. The Morgan fingerprint density at radius 1 is 0.900 bits per heavy atom. The Morgan fingerprint density at radius 3 is 2.03 bits per heavy atom. The molecule has 1 aliphatic rings. The summed E-state index contributed by atoms with van der Waals surface area (Å²) in [5.74, 6) is 0.0393. The van der Waals surface area contributed by atoms with Crippen LogP contribution in [0.5, 0.6) is 5.75 Å². The maximum atomic E-state index is 12.2. The fourth-order valence-corrected chi connectivity index (χ4v) is 3.57. The molecule has 2 aromatic carbocycles. The molecule has 3 rings (SSSR count). The van der Waals surface area contributed by atoms with Gasteiger partial charge in [0.2, 0.25) is 0 Å². The zero-order chi connectivity index (χ0) is 21.5. The molecule has 0 aromatic heterocycles. The van der Waals surface area contributed by atoms with E-state index in [2.05, 4.69) is 12.2 Å². The number of hydrogen-bond donors (Lipinski definition) is 1. The second-order valence-electron chi connectivity index (χ2n) is 7.80. The van der Waals surface area contributed by atoms with Crippen LogP contribution in [0.3, 0.4) is 0 Å². The molecule has 0 radical (unpaired) electrons. The van der Waals surface area contributed by atoms with Gasteiger partial charge in [-0.3, -0.25) is 9.59 Å². The van der Waals surface area contributed by atoms with E-state index in [1.165, 1.54) is 6.92 Å². The maximum absolute atomic E-state index is 12.2. The van der Waals surface area contributed by atoms with Gasteiger partial charge in [-0.15, -0.1) is 0 Å². The van der Waals surface area contributed by atoms with Crippen molar-refractivity contribution in [3.63, 3.8) is 0 Å². The molecule has 0 saturated heterocycles. The predicted octanol–water partition coefficient (Wildman–Crippen LogP) is 4.13. The Bertz CT molecular complexity index is 881. The quantitative estimate of drug-likeness (QED) is 0.573. The van der Waals surface area contributed by atoms with E-state index in [1.807, 2.05) is 12.1 Å². The van der Waals surface area contributed by atoms with Crippen molar-refractivity contribution in [2.45, 2.75) is 45.6 Å². The molecule has 1 N–H and O–H groups in total. The molecule has 0 spiro atoms. The van der Waals surface area contributed by atoms with E-state index in [9.17, 15) is 14.4 Å². The Kier molecular flexibility index (Phi) is 7.22. The minimum atomic E-state index is -0.529. The largest absolute Gasteiger partial charge is 0.452 e. The summed E-state index contributed by atoms with van der Waals surface area (Å²) in [6, 6.07) is 14.2. The molecule has 1 amide bonds. The summed E-state index contributed by atoms with van der Waals surface area (Å²) in [5.41, 5.74) is 2.21. The molecule has 1 fully saturated rings. The molecule has 158 valence electrons. The third-order valence-electron chi connectivity index (χ3n) is 5.29. The number of benzene rings is 2. The highest BCUT2D eigenvalue weighted by Gasteiger charge is 2.20. The number of amides is 1. The molecule has 2 aromatic rings. The third-order valence-corrected chi connectivity index (χ3v) is 5.29. The molecular weight excluding hydrogens is 382 g/mol. The molecule has 0 unspecified atom stereocenters. The van der Waals surface area contributed by atoms with Gasteiger partial charge in [0, 0.05) is 13.0 Å². The Hall–Kier alpha value is -3.15. The first-order valence-corrected chi connectivity index (χ1v) is 10.3. The van der Waals surface area contributed by atoms with Crippen LogP contribution in [0.2, 0.25) is 0 Å². The summed E-state index contributed by atoms with van der Waals surface area (Å²) in [7, 11) is 0. The van der Waals surface area contributed by atoms with Gasteiger partial charge in [0.15, 0.2) is 6.61 Å². The fraction of sp³-hybridized carbons (Fsp3) is 0.375. The molecule has 0 atom stereocenters. The van der Waals surface area contributed by atoms with Gasteiger partial charge in [0.25, 0.3) is 5.91 Å². The summed E-state index contributed by atoms with van der Waals surface area (Å²) < 4.78 is 10.2. The van der Waals surface area contributed by atoms with Gasteiger partial charge >= 0.3 is 11.9 Å². The van der Waals surface area contributed by atoms with Crippen molar-refractivity contribution in [1.29, 1.82) is 0 Å². The lowest BCUT2D eigenvalue weighted by Crippen LogP contribution is -2.39. The van der Waals surface area contributed by atoms with Gasteiger partial charge in [0.1, 0.15) is 5.75 Å². The molecule has 6 nitrogen and oxygen atoms in total. The van der Waals surface area contributed by atoms with E-state index in [4.69, 9.17) is 9.47 Å². The fourth-order valence-electron chi connectivity index (χ4n) is 3.57. The normalized spacial score (nSPS) is 18.3. The molecule has 6 heteroatoms. The van der Waals surface area contributed by atoms with Crippen molar-refractivity contribution in [1.82, 2.24) is 5.32 Å². The van der Waals surface area contributed by atoms with E-state index in [1.54, 1.807) is 36.4 Å². The van der Waals surface area contributed by atoms with E-state index in [-0.39, 0.29) is 24.5 Å². The Balaban J connectivity index is 1.49. The van der Waals surface area contributed by atoms with Crippen LogP contribution >= 0.6 is 0 Å². The zero-order valence-corrected chi connectivity index (χ0v) is 17.4. The Morgan fingerprint density at radius 2 is 1.47 bits per heavy atom. The molecule has 1 saturated carbocycles. The van der Waals surface area contributed by atoms with Crippen molar-refractivity contribution in [2.75, 3.05) is 6.61 Å². The smallest absolute Gasteiger partial charge is 0.338 e. The minimum Gasteiger partial charge on any atom is -0.452 e. The monoisotopic (exact) mass is 409 g/mol. The van der Waals surface area contributed by atoms with Crippen LogP contribution in [0.4, 0.5) is 0 Å². The highest BCUT2D eigenvalue weighted by Crippen LogP contribution is 2.24. The maximum Gasteiger partial charge on any atom is 0.338 e. The molecule has 0 bridgehead atoms. The molecule has 0 aliphatic heterocycles. The average Bonchev–Trinajstić information content (AvgIpc) is 2.74. The summed E-state index contributed by atoms with van der Waals surface area (Å²) in [5, 5.41) is 2.95. The summed E-state index contributed by atoms with van der Waals surface area (Å²) in [6.45, 7) is 3.30. The van der Waals surface area contributed by atoms with Gasteiger partial charge in [-0.05, 0) is 67.0 Å². The van der Waals surface area contributed by atoms with Crippen molar-refractivity contribution in [3.05, 3.63) is 54.1 Å². The number of hydrogen-bond acceptors (Lipinski definition) is 5. The van der Waals surface area contributed by atoms with Gasteiger partial charge in [-0.1, -0.05) is 31.2 Å². The third kappa shape index (κ3) is 6.17. The van der Waals surface area contributed by atoms with Crippen molar-refractivity contribution in [2.24, 2.45) is 5.92 Å². The second kappa shape index (κ2) is 10.1. The number of carbonyl (C=O) groups excluding carboxylic acids is 3. The molecule has 1 aliphatic carbocycles. The number of esters is 2. The summed E-state index contributed by atoms with van der Waals surface area (Å²) in [4.78, 5) is 35.3. The van der Waals surface area contributed by atoms with E-state index in [0.29, 0.717) is 17.2 Å². The lowest BCUT2D eigenvalue weighted by molar-refractivity contribution is -0.132. The minimum absolute atomic E-state index is 0.180. The Labute approximate surface area is 176 Å². The zero-order valence-electron chi connectivity index (χ0n) is 17.4. The lowest BCUT2D eigenvalue weighted by Gasteiger charge is -2.26. The van der Waals surface area contributed by atoms with Crippen molar-refractivity contribution < 1.29 is 23.9 Å². The topological polar surface area (TPSA) is 81.7 Å². The van der Waals surface area contributed by atoms with E-state index < -0.39 is 5.97 Å². The first kappa shape index (κ1) is 21.6. The number of rotatable bonds is 6. The van der Waals surface area contributed by atoms with Crippen LogP contribution < -0.4 is 10.1 Å². The van der Waals surface area contributed by atoms with Crippen LogP contribution in [0.15, 0.2) is 48.5 Å². The van der Waals surface area contributed by atoms with Gasteiger partial charge in [-0.2, -0.15) is 0 Å². The first-order valence-electron chi connectivity index (χ1n) is 10.3. The van der Waals surface area contributed by atoms with Crippen LogP contribution in [-0.4, -0.2) is 30.5 Å². The van der Waals surface area contributed by atoms with Gasteiger partial charge in [0.05, 0.1) is 5.56 Å². The molecular formula is C24H27NO5. The number of ether oxygens (including phenoxy) is 2. The van der Waals surface area contributed by atoms with Crippen molar-refractivity contribution >= 4 is 17.8 Å². The predicted molar refractivity (Wildman–Crippen MR) is 113 cm³/mol. The van der Waals surface area contributed by atoms with Crippen LogP contribution in [0, 0.1) is 5.92 Å². The molecule has 0 heterocycles. The summed E-state index contributed by atoms with van der Waals surface area (Å²) in [6.07, 6.45) is 4.18. The van der Waals surface area contributed by atoms with Crippen LogP contribution in [0.1, 0.15) is 49.9 Å². The average molecular weight is 409 g/mol. The standard InChI is InChI=1S/C24H27NO5/c1-16-3-11-21(12-4-16)25-23(27)15-29-24(28)20-7-5-18(6-8-20)19-9-13-22(14-10-19)30-17(2)26/h5-10,13-14,16,21H,3-4,11-12,15H2,1-2H3,(H,25,27).